The molecule has 0 saturated heterocycles. The van der Waals surface area contributed by atoms with E-state index in [9.17, 15) is 13.2 Å². The van der Waals surface area contributed by atoms with Gasteiger partial charge in [-0.15, -0.1) is 16.4 Å². The van der Waals surface area contributed by atoms with Gasteiger partial charge in [0.15, 0.2) is 14.2 Å². The lowest BCUT2D eigenvalue weighted by molar-refractivity contribution is -0.115. The largest absolute Gasteiger partial charge is 0.326 e. The standard InChI is InChI=1S/C23H19N5O3S3/c1-34(30,31)17-9-6-15(7-10-17)12-22(29)24-16-8-11-19-21(13-16)33-23(25-19)32-14-28-20-5-3-2-4-18(20)26-27-28/h2-11,13H,12,14H2,1H3,(H,24,29). The average molecular weight is 510 g/mol. The number of fused-ring (bicyclic) bond motifs is 2. The Morgan fingerprint density at radius 3 is 2.65 bits per heavy atom. The summed E-state index contributed by atoms with van der Waals surface area (Å²) >= 11 is 3.14. The Morgan fingerprint density at radius 1 is 1.06 bits per heavy atom. The Morgan fingerprint density at radius 2 is 1.85 bits per heavy atom. The number of thioether (sulfide) groups is 1. The highest BCUT2D eigenvalue weighted by Crippen LogP contribution is 2.32. The molecule has 8 nitrogen and oxygen atoms in total. The molecule has 1 N–H and O–H groups in total. The van der Waals surface area contributed by atoms with Gasteiger partial charge in [-0.3, -0.25) is 4.79 Å². The Hall–Kier alpha value is -3.28. The Balaban J connectivity index is 1.24. The normalized spacial score (nSPS) is 11.8. The second-order valence-corrected chi connectivity index (χ2v) is 11.9. The fraction of sp³-hybridized carbons (Fsp3) is 0.130. The van der Waals surface area contributed by atoms with Crippen molar-refractivity contribution in [1.82, 2.24) is 20.0 Å². The lowest BCUT2D eigenvalue weighted by atomic mass is 10.1. The molecule has 0 aliphatic carbocycles. The smallest absolute Gasteiger partial charge is 0.228 e. The molecule has 0 radical (unpaired) electrons. The molecule has 1 amide bonds. The maximum absolute atomic E-state index is 12.5. The van der Waals surface area contributed by atoms with Gasteiger partial charge in [0.05, 0.1) is 32.9 Å². The van der Waals surface area contributed by atoms with E-state index < -0.39 is 9.84 Å². The van der Waals surface area contributed by atoms with Crippen LogP contribution in [-0.2, 0) is 26.9 Å². The van der Waals surface area contributed by atoms with Gasteiger partial charge in [0, 0.05) is 11.9 Å². The van der Waals surface area contributed by atoms with E-state index in [1.54, 1.807) is 35.2 Å². The van der Waals surface area contributed by atoms with Gasteiger partial charge in [0.25, 0.3) is 0 Å². The summed E-state index contributed by atoms with van der Waals surface area (Å²) < 4.78 is 26.9. The molecule has 2 aromatic heterocycles. The maximum Gasteiger partial charge on any atom is 0.228 e. The number of anilines is 1. The van der Waals surface area contributed by atoms with Gasteiger partial charge in [-0.25, -0.2) is 18.1 Å². The first-order chi connectivity index (χ1) is 16.3. The van der Waals surface area contributed by atoms with E-state index in [4.69, 9.17) is 0 Å². The number of aromatic nitrogens is 4. The first-order valence-electron chi connectivity index (χ1n) is 10.3. The van der Waals surface area contributed by atoms with Gasteiger partial charge in [0.1, 0.15) is 5.52 Å². The summed E-state index contributed by atoms with van der Waals surface area (Å²) in [5.41, 5.74) is 4.13. The van der Waals surface area contributed by atoms with Gasteiger partial charge >= 0.3 is 0 Å². The van der Waals surface area contributed by atoms with Gasteiger partial charge < -0.3 is 5.32 Å². The van der Waals surface area contributed by atoms with Crippen LogP contribution in [0.4, 0.5) is 5.69 Å². The molecule has 5 rings (SSSR count). The quantitative estimate of drug-likeness (QED) is 0.325. The van der Waals surface area contributed by atoms with Crippen LogP contribution in [0.2, 0.25) is 0 Å². The van der Waals surface area contributed by atoms with Crippen molar-refractivity contribution in [3.8, 4) is 0 Å². The zero-order valence-corrected chi connectivity index (χ0v) is 20.5. The third-order valence-electron chi connectivity index (χ3n) is 5.10. The first-order valence-corrected chi connectivity index (χ1v) is 13.9. The lowest BCUT2D eigenvalue weighted by Crippen LogP contribution is -2.14. The number of benzene rings is 3. The van der Waals surface area contributed by atoms with Crippen molar-refractivity contribution in [2.24, 2.45) is 0 Å². The van der Waals surface area contributed by atoms with Crippen LogP contribution in [0.3, 0.4) is 0 Å². The maximum atomic E-state index is 12.5. The van der Waals surface area contributed by atoms with Crippen molar-refractivity contribution in [2.75, 3.05) is 11.6 Å². The highest BCUT2D eigenvalue weighted by molar-refractivity contribution is 8.00. The van der Waals surface area contributed by atoms with E-state index in [-0.39, 0.29) is 17.2 Å². The fourth-order valence-corrected chi connectivity index (χ4v) is 6.03. The molecule has 0 saturated carbocycles. The Bertz CT molecular complexity index is 1610. The Labute approximate surface area is 203 Å². The average Bonchev–Trinajstić information content (AvgIpc) is 3.40. The first kappa shape index (κ1) is 22.5. The van der Waals surface area contributed by atoms with Crippen LogP contribution in [0, 0.1) is 0 Å². The molecule has 0 unspecified atom stereocenters. The minimum atomic E-state index is -3.26. The van der Waals surface area contributed by atoms with E-state index in [0.717, 1.165) is 37.4 Å². The van der Waals surface area contributed by atoms with E-state index >= 15 is 0 Å². The molecule has 3 aromatic carbocycles. The number of para-hydroxylation sites is 1. The molecule has 0 aliphatic rings. The van der Waals surface area contributed by atoms with Crippen LogP contribution in [0.15, 0.2) is 76.0 Å². The topological polar surface area (TPSA) is 107 Å². The van der Waals surface area contributed by atoms with Crippen LogP contribution in [0.25, 0.3) is 21.3 Å². The van der Waals surface area contributed by atoms with E-state index in [1.807, 2.05) is 47.1 Å². The number of thiazole rings is 1. The molecule has 0 aliphatic heterocycles. The van der Waals surface area contributed by atoms with Gasteiger partial charge in [-0.2, -0.15) is 0 Å². The molecule has 11 heteroatoms. The predicted octanol–water partition coefficient (Wildman–Crippen LogP) is 4.38. The van der Waals surface area contributed by atoms with Crippen LogP contribution in [-0.4, -0.2) is 40.6 Å². The third-order valence-corrected chi connectivity index (χ3v) is 8.36. The number of carbonyl (C=O) groups excluding carboxylic acids is 1. The molecular formula is C23H19N5O3S3. The predicted molar refractivity (Wildman–Crippen MR) is 135 cm³/mol. The summed E-state index contributed by atoms with van der Waals surface area (Å²) in [6.07, 6.45) is 1.31. The van der Waals surface area contributed by atoms with Crippen molar-refractivity contribution in [3.63, 3.8) is 0 Å². The number of sulfone groups is 1. The van der Waals surface area contributed by atoms with Crippen molar-refractivity contribution in [2.45, 2.75) is 21.5 Å². The van der Waals surface area contributed by atoms with Crippen molar-refractivity contribution in [1.29, 1.82) is 0 Å². The zero-order valence-electron chi connectivity index (χ0n) is 18.0. The fourth-order valence-electron chi connectivity index (χ4n) is 3.42. The number of amides is 1. The van der Waals surface area contributed by atoms with Gasteiger partial charge in [-0.1, -0.05) is 41.2 Å². The van der Waals surface area contributed by atoms with E-state index in [2.05, 4.69) is 20.6 Å². The summed E-state index contributed by atoms with van der Waals surface area (Å²) in [6, 6.07) is 19.8. The zero-order chi connectivity index (χ0) is 23.7. The highest BCUT2D eigenvalue weighted by atomic mass is 32.2. The van der Waals surface area contributed by atoms with Crippen molar-refractivity contribution in [3.05, 3.63) is 72.3 Å². The molecule has 0 bridgehead atoms. The highest BCUT2D eigenvalue weighted by Gasteiger charge is 2.11. The second kappa shape index (κ2) is 9.16. The molecular weight excluding hydrogens is 490 g/mol. The monoisotopic (exact) mass is 509 g/mol. The summed E-state index contributed by atoms with van der Waals surface area (Å²) in [5.74, 6) is 0.422. The van der Waals surface area contributed by atoms with Crippen LogP contribution >= 0.6 is 23.1 Å². The summed E-state index contributed by atoms with van der Waals surface area (Å²) in [6.45, 7) is 0. The van der Waals surface area contributed by atoms with Crippen LogP contribution in [0.5, 0.6) is 0 Å². The van der Waals surface area contributed by atoms with Crippen LogP contribution in [0.1, 0.15) is 5.56 Å². The molecule has 0 fully saturated rings. The Kier molecular flexibility index (Phi) is 6.07. The van der Waals surface area contributed by atoms with E-state index in [1.165, 1.54) is 12.1 Å². The van der Waals surface area contributed by atoms with Gasteiger partial charge in [-0.05, 0) is 48.0 Å². The summed E-state index contributed by atoms with van der Waals surface area (Å²) in [4.78, 5) is 17.4. The number of hydrogen-bond donors (Lipinski definition) is 1. The number of nitrogens with zero attached hydrogens (tertiary/aromatic N) is 4. The van der Waals surface area contributed by atoms with Crippen LogP contribution < -0.4 is 5.32 Å². The number of hydrogen-bond acceptors (Lipinski definition) is 8. The number of carbonyl (C=O) groups is 1. The SMILES string of the molecule is CS(=O)(=O)c1ccc(CC(=O)Nc2ccc3nc(SCn4nnc5ccccc54)sc3c2)cc1. The number of rotatable bonds is 7. The van der Waals surface area contributed by atoms with Crippen molar-refractivity contribution >= 4 is 65.8 Å². The van der Waals surface area contributed by atoms with Gasteiger partial charge in [0.2, 0.25) is 5.91 Å². The summed E-state index contributed by atoms with van der Waals surface area (Å²) in [7, 11) is -3.26. The molecule has 172 valence electrons. The number of nitrogens with one attached hydrogen (secondary N) is 1. The summed E-state index contributed by atoms with van der Waals surface area (Å²) in [5, 5.41) is 11.3. The molecule has 0 spiro atoms. The minimum absolute atomic E-state index is 0.151. The van der Waals surface area contributed by atoms with Crippen molar-refractivity contribution < 1.29 is 13.2 Å². The second-order valence-electron chi connectivity index (χ2n) is 7.65. The third kappa shape index (κ3) is 4.96. The molecule has 5 aromatic rings. The minimum Gasteiger partial charge on any atom is -0.326 e. The molecule has 0 atom stereocenters. The van der Waals surface area contributed by atoms with E-state index in [0.29, 0.717) is 11.6 Å². The lowest BCUT2D eigenvalue weighted by Gasteiger charge is -2.06. The molecule has 2 heterocycles. The molecule has 34 heavy (non-hydrogen) atoms.